The zero-order valence-electron chi connectivity index (χ0n) is 8.40. The summed E-state index contributed by atoms with van der Waals surface area (Å²) in [5.41, 5.74) is 0. The normalized spacial score (nSPS) is 17.5. The maximum Gasteiger partial charge on any atom is 0.120 e. The van der Waals surface area contributed by atoms with Crippen LogP contribution >= 0.6 is 15.9 Å². The topological polar surface area (TPSA) is 32.7 Å². The lowest BCUT2D eigenvalue weighted by atomic mass is 10.2. The van der Waals surface area contributed by atoms with Gasteiger partial charge in [-0.15, -0.1) is 0 Å². The highest BCUT2D eigenvalue weighted by molar-refractivity contribution is 9.10. The quantitative estimate of drug-likeness (QED) is 0.901. The largest absolute Gasteiger partial charge is 0.492 e. The number of rotatable bonds is 4. The van der Waals surface area contributed by atoms with Crippen molar-refractivity contribution >= 4 is 15.9 Å². The van der Waals surface area contributed by atoms with Gasteiger partial charge >= 0.3 is 0 Å². The van der Waals surface area contributed by atoms with Gasteiger partial charge in [-0.25, -0.2) is 0 Å². The zero-order valence-corrected chi connectivity index (χ0v) is 9.98. The van der Waals surface area contributed by atoms with E-state index in [2.05, 4.69) is 20.8 Å². The molecule has 1 aromatic carbocycles. The van der Waals surface area contributed by atoms with Gasteiger partial charge in [-0.05, 0) is 18.2 Å². The average Bonchev–Trinajstić information content (AvgIpc) is 2.15. The molecule has 1 aliphatic rings. The molecule has 0 aromatic heterocycles. The van der Waals surface area contributed by atoms with Crippen molar-refractivity contribution in [2.24, 2.45) is 0 Å². The van der Waals surface area contributed by atoms with Crippen LogP contribution < -0.4 is 4.74 Å². The molecule has 1 N–H and O–H groups in total. The van der Waals surface area contributed by atoms with Crippen molar-refractivity contribution in [3.05, 3.63) is 28.7 Å². The van der Waals surface area contributed by atoms with Gasteiger partial charge in [0.15, 0.2) is 0 Å². The van der Waals surface area contributed by atoms with Gasteiger partial charge < -0.3 is 9.84 Å². The number of halogens is 1. The zero-order chi connectivity index (χ0) is 10.7. The molecule has 0 spiro atoms. The first kappa shape index (κ1) is 10.9. The van der Waals surface area contributed by atoms with E-state index in [-0.39, 0.29) is 6.10 Å². The van der Waals surface area contributed by atoms with Crippen molar-refractivity contribution in [1.29, 1.82) is 0 Å². The average molecular weight is 272 g/mol. The minimum absolute atomic E-state index is 0.129. The number of hydrogen-bond donors (Lipinski definition) is 1. The summed E-state index contributed by atoms with van der Waals surface area (Å²) in [6, 6.07) is 7.81. The number of hydrogen-bond acceptors (Lipinski definition) is 3. The molecule has 2 rings (SSSR count). The highest BCUT2D eigenvalue weighted by Gasteiger charge is 2.23. The Hall–Kier alpha value is -0.580. The van der Waals surface area contributed by atoms with E-state index in [4.69, 9.17) is 9.84 Å². The summed E-state index contributed by atoms with van der Waals surface area (Å²) in [6.45, 7) is 3.11. The first-order valence-electron chi connectivity index (χ1n) is 5.03. The number of likely N-dealkylation sites (tertiary alicyclic amines) is 1. The summed E-state index contributed by atoms with van der Waals surface area (Å²) < 4.78 is 6.60. The molecule has 0 unspecified atom stereocenters. The number of nitrogens with zero attached hydrogens (tertiary/aromatic N) is 1. The molecule has 0 bridgehead atoms. The van der Waals surface area contributed by atoms with Crippen molar-refractivity contribution in [3.63, 3.8) is 0 Å². The minimum atomic E-state index is -0.129. The second-order valence-electron chi connectivity index (χ2n) is 3.72. The Labute approximate surface area is 97.8 Å². The van der Waals surface area contributed by atoms with Crippen LogP contribution in [-0.4, -0.2) is 42.4 Å². The van der Waals surface area contributed by atoms with Gasteiger partial charge in [-0.2, -0.15) is 0 Å². The lowest BCUT2D eigenvalue weighted by molar-refractivity contribution is -0.00387. The van der Waals surface area contributed by atoms with Crippen LogP contribution in [-0.2, 0) is 0 Å². The number of β-amino-alcohol motifs (C(OH)–C–C–N with tert-alkyl or cyclic N) is 1. The van der Waals surface area contributed by atoms with Crippen LogP contribution in [0.3, 0.4) is 0 Å². The van der Waals surface area contributed by atoms with Crippen LogP contribution in [0.5, 0.6) is 5.75 Å². The van der Waals surface area contributed by atoms with E-state index in [0.717, 1.165) is 29.9 Å². The summed E-state index contributed by atoms with van der Waals surface area (Å²) in [4.78, 5) is 2.17. The van der Waals surface area contributed by atoms with Gasteiger partial charge in [0.25, 0.3) is 0 Å². The Bertz CT molecular complexity index is 326. The molecule has 15 heavy (non-hydrogen) atoms. The van der Waals surface area contributed by atoms with Crippen LogP contribution in [0.2, 0.25) is 0 Å². The molecule has 82 valence electrons. The Balaban J connectivity index is 1.69. The lowest BCUT2D eigenvalue weighted by Crippen LogP contribution is -2.51. The Kier molecular flexibility index (Phi) is 3.61. The molecule has 0 saturated carbocycles. The third-order valence-corrected chi connectivity index (χ3v) is 2.90. The standard InChI is InChI=1S/C11H14BrNO2/c12-9-2-1-3-11(6-9)15-5-4-13-7-10(14)8-13/h1-3,6,10,14H,4-5,7-8H2. The van der Waals surface area contributed by atoms with Gasteiger partial charge in [0.1, 0.15) is 12.4 Å². The van der Waals surface area contributed by atoms with E-state index >= 15 is 0 Å². The van der Waals surface area contributed by atoms with Crippen molar-refractivity contribution in [2.45, 2.75) is 6.10 Å². The van der Waals surface area contributed by atoms with Gasteiger partial charge in [0, 0.05) is 24.1 Å². The second kappa shape index (κ2) is 4.96. The fourth-order valence-electron chi connectivity index (χ4n) is 1.57. The predicted octanol–water partition coefficient (Wildman–Crippen LogP) is 1.50. The van der Waals surface area contributed by atoms with Gasteiger partial charge in [-0.1, -0.05) is 22.0 Å². The minimum Gasteiger partial charge on any atom is -0.492 e. The fraction of sp³-hybridized carbons (Fsp3) is 0.455. The first-order valence-corrected chi connectivity index (χ1v) is 5.82. The molecule has 0 aliphatic carbocycles. The molecule has 0 radical (unpaired) electrons. The number of aliphatic hydroxyl groups is 1. The van der Waals surface area contributed by atoms with Crippen molar-refractivity contribution in [2.75, 3.05) is 26.2 Å². The monoisotopic (exact) mass is 271 g/mol. The molecule has 1 fully saturated rings. The van der Waals surface area contributed by atoms with E-state index in [9.17, 15) is 0 Å². The number of benzene rings is 1. The molecule has 3 nitrogen and oxygen atoms in total. The summed E-state index contributed by atoms with van der Waals surface area (Å²) >= 11 is 3.39. The summed E-state index contributed by atoms with van der Waals surface area (Å²) in [7, 11) is 0. The second-order valence-corrected chi connectivity index (χ2v) is 4.63. The van der Waals surface area contributed by atoms with Gasteiger partial charge in [-0.3, -0.25) is 4.90 Å². The molecule has 1 aromatic rings. The van der Waals surface area contributed by atoms with Crippen LogP contribution in [0.4, 0.5) is 0 Å². The molecule has 1 heterocycles. The molecule has 0 amide bonds. The Morgan fingerprint density at radius 1 is 1.47 bits per heavy atom. The van der Waals surface area contributed by atoms with Crippen molar-refractivity contribution in [3.8, 4) is 5.75 Å². The van der Waals surface area contributed by atoms with Crippen LogP contribution in [0, 0.1) is 0 Å². The van der Waals surface area contributed by atoms with Gasteiger partial charge in [0.2, 0.25) is 0 Å². The Morgan fingerprint density at radius 2 is 2.27 bits per heavy atom. The highest BCUT2D eigenvalue weighted by atomic mass is 79.9. The van der Waals surface area contributed by atoms with E-state index in [1.807, 2.05) is 24.3 Å². The maximum atomic E-state index is 9.08. The summed E-state index contributed by atoms with van der Waals surface area (Å²) in [5, 5.41) is 9.08. The van der Waals surface area contributed by atoms with E-state index in [1.54, 1.807) is 0 Å². The summed E-state index contributed by atoms with van der Waals surface area (Å²) in [6.07, 6.45) is -0.129. The molecule has 1 saturated heterocycles. The van der Waals surface area contributed by atoms with Crippen LogP contribution in [0.1, 0.15) is 0 Å². The number of aliphatic hydroxyl groups excluding tert-OH is 1. The third-order valence-electron chi connectivity index (χ3n) is 2.41. The smallest absolute Gasteiger partial charge is 0.120 e. The molecule has 0 atom stereocenters. The lowest BCUT2D eigenvalue weighted by Gasteiger charge is -2.35. The summed E-state index contributed by atoms with van der Waals surface area (Å²) in [5.74, 6) is 0.880. The van der Waals surface area contributed by atoms with E-state index in [0.29, 0.717) is 6.61 Å². The van der Waals surface area contributed by atoms with Crippen LogP contribution in [0.15, 0.2) is 28.7 Å². The predicted molar refractivity (Wildman–Crippen MR) is 62.1 cm³/mol. The molecule has 1 aliphatic heterocycles. The molecular weight excluding hydrogens is 258 g/mol. The van der Waals surface area contributed by atoms with Crippen LogP contribution in [0.25, 0.3) is 0 Å². The number of ether oxygens (including phenoxy) is 1. The highest BCUT2D eigenvalue weighted by Crippen LogP contribution is 2.17. The molecule has 4 heteroatoms. The van der Waals surface area contributed by atoms with Crippen molar-refractivity contribution in [1.82, 2.24) is 4.90 Å². The van der Waals surface area contributed by atoms with Gasteiger partial charge in [0.05, 0.1) is 6.10 Å². The molecular formula is C11H14BrNO2. The van der Waals surface area contributed by atoms with E-state index in [1.165, 1.54) is 0 Å². The van der Waals surface area contributed by atoms with E-state index < -0.39 is 0 Å². The third kappa shape index (κ3) is 3.19. The maximum absolute atomic E-state index is 9.08. The van der Waals surface area contributed by atoms with Crippen molar-refractivity contribution < 1.29 is 9.84 Å². The first-order chi connectivity index (χ1) is 7.24. The Morgan fingerprint density at radius 3 is 2.93 bits per heavy atom. The fourth-order valence-corrected chi connectivity index (χ4v) is 1.95. The SMILES string of the molecule is OC1CN(CCOc2cccc(Br)c2)C1.